The quantitative estimate of drug-likeness (QED) is 0.595. The monoisotopic (exact) mass is 414 g/mol. The minimum atomic E-state index is -0.579. The molecule has 29 heavy (non-hydrogen) atoms. The molecule has 2 aromatic rings. The van der Waals surface area contributed by atoms with E-state index in [9.17, 15) is 9.59 Å². The zero-order valence-corrected chi connectivity index (χ0v) is 18.3. The van der Waals surface area contributed by atoms with Crippen molar-refractivity contribution in [2.24, 2.45) is 0 Å². The van der Waals surface area contributed by atoms with Gasteiger partial charge >= 0.3 is 0 Å². The number of carbonyl (C=O) groups excluding carboxylic acids is 2. The summed E-state index contributed by atoms with van der Waals surface area (Å²) >= 11 is 6.15. The number of hydrogen-bond acceptors (Lipinski definition) is 2. The van der Waals surface area contributed by atoms with Crippen LogP contribution in [0.4, 0.5) is 0 Å². The molecule has 2 atom stereocenters. The zero-order chi connectivity index (χ0) is 21.2. The first-order chi connectivity index (χ1) is 13.9. The third kappa shape index (κ3) is 7.21. The van der Waals surface area contributed by atoms with Gasteiger partial charge < -0.3 is 10.2 Å². The lowest BCUT2D eigenvalue weighted by Gasteiger charge is -2.32. The highest BCUT2D eigenvalue weighted by Crippen LogP contribution is 2.18. The van der Waals surface area contributed by atoms with Gasteiger partial charge in [0.05, 0.1) is 0 Å². The second kappa shape index (κ2) is 11.6. The maximum absolute atomic E-state index is 13.2. The van der Waals surface area contributed by atoms with Gasteiger partial charge in [-0.1, -0.05) is 67.9 Å². The highest BCUT2D eigenvalue weighted by atomic mass is 35.5. The van der Waals surface area contributed by atoms with E-state index in [-0.39, 0.29) is 17.9 Å². The maximum Gasteiger partial charge on any atom is 0.243 e. The third-order valence-corrected chi connectivity index (χ3v) is 5.21. The van der Waals surface area contributed by atoms with Crippen LogP contribution in [0.15, 0.2) is 54.6 Å². The minimum Gasteiger partial charge on any atom is -0.352 e. The molecule has 2 amide bonds. The SMILES string of the molecule is CCCC(=O)N(Cc1cccc(Cl)c1)[C@@H](Cc1ccccc1)C(=O)N[C@@H](C)CC. The molecule has 0 saturated heterocycles. The molecule has 0 unspecified atom stereocenters. The molecule has 0 radical (unpaired) electrons. The molecule has 0 spiro atoms. The Bertz CT molecular complexity index is 794. The predicted molar refractivity (Wildman–Crippen MR) is 119 cm³/mol. The van der Waals surface area contributed by atoms with Crippen molar-refractivity contribution in [2.75, 3.05) is 0 Å². The Morgan fingerprint density at radius 1 is 1.03 bits per heavy atom. The summed E-state index contributed by atoms with van der Waals surface area (Å²) in [5.41, 5.74) is 1.94. The van der Waals surface area contributed by atoms with Crippen molar-refractivity contribution in [1.82, 2.24) is 10.2 Å². The smallest absolute Gasteiger partial charge is 0.243 e. The van der Waals surface area contributed by atoms with Crippen LogP contribution in [0.3, 0.4) is 0 Å². The van der Waals surface area contributed by atoms with E-state index in [1.54, 1.807) is 11.0 Å². The summed E-state index contributed by atoms with van der Waals surface area (Å²) in [5.74, 6) is -0.137. The zero-order valence-electron chi connectivity index (χ0n) is 17.5. The highest BCUT2D eigenvalue weighted by Gasteiger charge is 2.30. The van der Waals surface area contributed by atoms with Crippen molar-refractivity contribution in [3.05, 3.63) is 70.7 Å². The molecule has 4 nitrogen and oxygen atoms in total. The lowest BCUT2D eigenvalue weighted by Crippen LogP contribution is -2.52. The first kappa shape index (κ1) is 23.0. The van der Waals surface area contributed by atoms with Crippen molar-refractivity contribution >= 4 is 23.4 Å². The van der Waals surface area contributed by atoms with Gasteiger partial charge in [0.15, 0.2) is 0 Å². The molecule has 156 valence electrons. The number of benzene rings is 2. The first-order valence-corrected chi connectivity index (χ1v) is 10.7. The van der Waals surface area contributed by atoms with Crippen LogP contribution in [-0.2, 0) is 22.6 Å². The van der Waals surface area contributed by atoms with Crippen LogP contribution < -0.4 is 5.32 Å². The van der Waals surface area contributed by atoms with Crippen LogP contribution in [0.25, 0.3) is 0 Å². The molecule has 0 aliphatic heterocycles. The lowest BCUT2D eigenvalue weighted by atomic mass is 10.0. The number of hydrogen-bond donors (Lipinski definition) is 1. The average molecular weight is 415 g/mol. The van der Waals surface area contributed by atoms with E-state index in [4.69, 9.17) is 11.6 Å². The highest BCUT2D eigenvalue weighted by molar-refractivity contribution is 6.30. The Labute approximate surface area is 179 Å². The topological polar surface area (TPSA) is 49.4 Å². The van der Waals surface area contributed by atoms with Crippen LogP contribution in [0.1, 0.15) is 51.2 Å². The maximum atomic E-state index is 13.2. The van der Waals surface area contributed by atoms with E-state index in [0.717, 1.165) is 24.0 Å². The Balaban J connectivity index is 2.37. The lowest BCUT2D eigenvalue weighted by molar-refractivity contribution is -0.141. The summed E-state index contributed by atoms with van der Waals surface area (Å²) in [5, 5.41) is 3.69. The standard InChI is InChI=1S/C24H31ClN2O2/c1-4-10-23(28)27(17-20-13-9-14-21(25)15-20)22(24(29)26-18(3)5-2)16-19-11-7-6-8-12-19/h6-9,11-15,18,22H,4-5,10,16-17H2,1-3H3,(H,26,29)/t18-,22-/m0/s1. The number of nitrogens with zero attached hydrogens (tertiary/aromatic N) is 1. The van der Waals surface area contributed by atoms with Crippen molar-refractivity contribution in [3.8, 4) is 0 Å². The molecule has 0 saturated carbocycles. The third-order valence-electron chi connectivity index (χ3n) is 4.98. The fourth-order valence-electron chi connectivity index (χ4n) is 3.18. The summed E-state index contributed by atoms with van der Waals surface area (Å²) in [6.45, 7) is 6.33. The van der Waals surface area contributed by atoms with Gasteiger partial charge in [0.1, 0.15) is 6.04 Å². The van der Waals surface area contributed by atoms with E-state index < -0.39 is 6.04 Å². The second-order valence-corrected chi connectivity index (χ2v) is 7.86. The van der Waals surface area contributed by atoms with Gasteiger partial charge in [-0.25, -0.2) is 0 Å². The van der Waals surface area contributed by atoms with E-state index in [2.05, 4.69) is 5.32 Å². The molecule has 5 heteroatoms. The number of amides is 2. The average Bonchev–Trinajstić information content (AvgIpc) is 2.71. The predicted octanol–water partition coefficient (Wildman–Crippen LogP) is 4.99. The van der Waals surface area contributed by atoms with Gasteiger partial charge in [-0.3, -0.25) is 9.59 Å². The Kier molecular flexibility index (Phi) is 9.20. The normalized spacial score (nSPS) is 12.8. The largest absolute Gasteiger partial charge is 0.352 e. The van der Waals surface area contributed by atoms with Gasteiger partial charge in [-0.15, -0.1) is 0 Å². The van der Waals surface area contributed by atoms with Gasteiger partial charge in [0.25, 0.3) is 0 Å². The Hall–Kier alpha value is -2.33. The fraction of sp³-hybridized carbons (Fsp3) is 0.417. The van der Waals surface area contributed by atoms with Crippen LogP contribution in [0.5, 0.6) is 0 Å². The fourth-order valence-corrected chi connectivity index (χ4v) is 3.40. The molecule has 2 aromatic carbocycles. The second-order valence-electron chi connectivity index (χ2n) is 7.42. The van der Waals surface area contributed by atoms with Crippen molar-refractivity contribution in [3.63, 3.8) is 0 Å². The van der Waals surface area contributed by atoms with Crippen LogP contribution in [0, 0.1) is 0 Å². The van der Waals surface area contributed by atoms with Gasteiger partial charge in [-0.2, -0.15) is 0 Å². The van der Waals surface area contributed by atoms with E-state index in [0.29, 0.717) is 24.4 Å². The Morgan fingerprint density at radius 3 is 2.34 bits per heavy atom. The number of halogens is 1. The molecule has 0 fully saturated rings. The molecule has 0 aromatic heterocycles. The number of nitrogens with one attached hydrogen (secondary N) is 1. The van der Waals surface area contributed by atoms with Gasteiger partial charge in [0.2, 0.25) is 11.8 Å². The van der Waals surface area contributed by atoms with Crippen LogP contribution >= 0.6 is 11.6 Å². The first-order valence-electron chi connectivity index (χ1n) is 10.3. The molecule has 2 rings (SSSR count). The molecule has 1 N–H and O–H groups in total. The van der Waals surface area contributed by atoms with Crippen LogP contribution in [0.2, 0.25) is 5.02 Å². The summed E-state index contributed by atoms with van der Waals surface area (Å²) in [6, 6.07) is 16.8. The van der Waals surface area contributed by atoms with E-state index in [1.807, 2.05) is 69.3 Å². The van der Waals surface area contributed by atoms with Gasteiger partial charge in [0, 0.05) is 30.5 Å². The van der Waals surface area contributed by atoms with Crippen molar-refractivity contribution in [1.29, 1.82) is 0 Å². The molecule has 0 aliphatic carbocycles. The Morgan fingerprint density at radius 2 is 1.72 bits per heavy atom. The summed E-state index contributed by atoms with van der Waals surface area (Å²) < 4.78 is 0. The summed E-state index contributed by atoms with van der Waals surface area (Å²) in [6.07, 6.45) is 2.44. The minimum absolute atomic E-state index is 0.0206. The molecule has 0 bridgehead atoms. The summed E-state index contributed by atoms with van der Waals surface area (Å²) in [4.78, 5) is 27.9. The number of carbonyl (C=O) groups is 2. The molecule has 0 aliphatic rings. The number of rotatable bonds is 10. The van der Waals surface area contributed by atoms with Crippen LogP contribution in [-0.4, -0.2) is 28.8 Å². The summed E-state index contributed by atoms with van der Waals surface area (Å²) in [7, 11) is 0. The molecular formula is C24H31ClN2O2. The van der Waals surface area contributed by atoms with Crippen molar-refractivity contribution < 1.29 is 9.59 Å². The molecular weight excluding hydrogens is 384 g/mol. The van der Waals surface area contributed by atoms with Crippen molar-refractivity contribution in [2.45, 2.75) is 65.1 Å². The molecule has 0 heterocycles. The van der Waals surface area contributed by atoms with Gasteiger partial charge in [-0.05, 0) is 43.0 Å². The van der Waals surface area contributed by atoms with E-state index >= 15 is 0 Å². The van der Waals surface area contributed by atoms with E-state index in [1.165, 1.54) is 0 Å².